The van der Waals surface area contributed by atoms with E-state index < -0.39 is 18.1 Å². The second-order valence-corrected chi connectivity index (χ2v) is 7.97. The monoisotopic (exact) mass is 436 g/mol. The quantitative estimate of drug-likeness (QED) is 0.224. The zero-order chi connectivity index (χ0) is 22.7. The zero-order valence-corrected chi connectivity index (χ0v) is 17.5. The van der Waals surface area contributed by atoms with Crippen molar-refractivity contribution in [3.05, 3.63) is 65.6 Å². The van der Waals surface area contributed by atoms with Gasteiger partial charge in [-0.2, -0.15) is 0 Å². The van der Waals surface area contributed by atoms with Gasteiger partial charge in [-0.25, -0.2) is 4.79 Å². The number of anilines is 1. The van der Waals surface area contributed by atoms with Crippen molar-refractivity contribution in [3.8, 4) is 0 Å². The highest BCUT2D eigenvalue weighted by molar-refractivity contribution is 6.16. The molecule has 1 fully saturated rings. The van der Waals surface area contributed by atoms with Crippen molar-refractivity contribution in [3.63, 3.8) is 0 Å². The highest BCUT2D eigenvalue weighted by Crippen LogP contribution is 2.31. The number of nitrogens with zero attached hydrogens (tertiary/aromatic N) is 1. The number of furan rings is 1. The molecule has 0 radical (unpaired) electrons. The van der Waals surface area contributed by atoms with Crippen molar-refractivity contribution < 1.29 is 28.3 Å². The molecule has 1 N–H and O–H groups in total. The third-order valence-corrected chi connectivity index (χ3v) is 5.82. The number of carbonyl (C=O) groups is 4. The smallest absolute Gasteiger partial charge is 0.414 e. The standard InChI is InChI=1S/C24H24N2O6/c1-2-4-15-9-21(31-13-15)23(29)20-6-3-5-16-10-17(7-8-19(16)22(20)28)26-12-18(11-25-14-27)32-24(26)30/h2,7-10,13-14,18,20H,1,3-6,11-12H2,(H,25,27). The molecule has 0 bridgehead atoms. The first kappa shape index (κ1) is 21.5. The molecule has 1 aromatic heterocycles. The number of Topliss-reactive ketones (excluding diaryl/α,β-unsaturated/α-hetero) is 2. The van der Waals surface area contributed by atoms with E-state index in [1.165, 1.54) is 11.2 Å². The Morgan fingerprint density at radius 1 is 1.28 bits per heavy atom. The number of fused-ring (bicyclic) bond motifs is 1. The second kappa shape index (κ2) is 9.21. The van der Waals surface area contributed by atoms with E-state index in [0.29, 0.717) is 49.9 Å². The second-order valence-electron chi connectivity index (χ2n) is 7.97. The number of ether oxygens (including phenoxy) is 1. The van der Waals surface area contributed by atoms with Gasteiger partial charge in [-0.15, -0.1) is 6.58 Å². The van der Waals surface area contributed by atoms with E-state index in [-0.39, 0.29) is 23.9 Å². The number of rotatable bonds is 8. The topological polar surface area (TPSA) is 106 Å². The predicted octanol–water partition coefficient (Wildman–Crippen LogP) is 3.10. The van der Waals surface area contributed by atoms with Gasteiger partial charge >= 0.3 is 6.09 Å². The van der Waals surface area contributed by atoms with E-state index in [2.05, 4.69) is 11.9 Å². The summed E-state index contributed by atoms with van der Waals surface area (Å²) in [5.41, 5.74) is 2.76. The first-order valence-electron chi connectivity index (χ1n) is 10.6. The Balaban J connectivity index is 1.53. The predicted molar refractivity (Wildman–Crippen MR) is 116 cm³/mol. The Kier molecular flexibility index (Phi) is 6.20. The van der Waals surface area contributed by atoms with Crippen LogP contribution in [0.4, 0.5) is 10.5 Å². The third kappa shape index (κ3) is 4.21. The maximum atomic E-state index is 13.2. The average molecular weight is 436 g/mol. The van der Waals surface area contributed by atoms with Gasteiger partial charge in [0.1, 0.15) is 6.10 Å². The fraction of sp³-hybridized carbons (Fsp3) is 0.333. The number of benzene rings is 1. The molecular weight excluding hydrogens is 412 g/mol. The summed E-state index contributed by atoms with van der Waals surface area (Å²) in [6.07, 6.45) is 5.18. The highest BCUT2D eigenvalue weighted by atomic mass is 16.6. The molecule has 166 valence electrons. The molecule has 1 aromatic carbocycles. The molecule has 2 atom stereocenters. The van der Waals surface area contributed by atoms with E-state index in [4.69, 9.17) is 9.15 Å². The van der Waals surface area contributed by atoms with Gasteiger partial charge in [-0.05, 0) is 61.1 Å². The number of aryl methyl sites for hydroxylation is 1. The summed E-state index contributed by atoms with van der Waals surface area (Å²) in [6, 6.07) is 6.84. The Hall–Kier alpha value is -3.68. The van der Waals surface area contributed by atoms with Gasteiger partial charge < -0.3 is 14.5 Å². The fourth-order valence-electron chi connectivity index (χ4n) is 4.23. The van der Waals surface area contributed by atoms with Crippen LogP contribution in [0.2, 0.25) is 0 Å². The third-order valence-electron chi connectivity index (χ3n) is 5.82. The molecular formula is C24H24N2O6. The summed E-state index contributed by atoms with van der Waals surface area (Å²) < 4.78 is 10.7. The van der Waals surface area contributed by atoms with Crippen molar-refractivity contribution in [1.82, 2.24) is 5.32 Å². The van der Waals surface area contributed by atoms with E-state index in [0.717, 1.165) is 11.1 Å². The highest BCUT2D eigenvalue weighted by Gasteiger charge is 2.35. The van der Waals surface area contributed by atoms with Crippen LogP contribution in [0, 0.1) is 5.92 Å². The van der Waals surface area contributed by atoms with Gasteiger partial charge in [0.05, 0.1) is 25.3 Å². The molecule has 2 amide bonds. The van der Waals surface area contributed by atoms with E-state index in [1.807, 2.05) is 6.07 Å². The molecule has 2 aliphatic rings. The minimum absolute atomic E-state index is 0.190. The largest absolute Gasteiger partial charge is 0.461 e. The maximum absolute atomic E-state index is 13.2. The van der Waals surface area contributed by atoms with Crippen molar-refractivity contribution in [2.45, 2.75) is 31.8 Å². The lowest BCUT2D eigenvalue weighted by Crippen LogP contribution is -2.30. The van der Waals surface area contributed by atoms with Crippen molar-refractivity contribution in [1.29, 1.82) is 0 Å². The van der Waals surface area contributed by atoms with Crippen molar-refractivity contribution in [2.75, 3.05) is 18.0 Å². The van der Waals surface area contributed by atoms with Crippen LogP contribution in [-0.4, -0.2) is 43.3 Å². The first-order chi connectivity index (χ1) is 15.5. The minimum atomic E-state index is -0.791. The van der Waals surface area contributed by atoms with Gasteiger partial charge in [-0.3, -0.25) is 19.3 Å². The van der Waals surface area contributed by atoms with Gasteiger partial charge in [0, 0.05) is 11.3 Å². The number of ketones is 2. The summed E-state index contributed by atoms with van der Waals surface area (Å²) in [4.78, 5) is 50.4. The van der Waals surface area contributed by atoms with E-state index in [9.17, 15) is 19.2 Å². The number of allylic oxidation sites excluding steroid dienone is 1. The molecule has 2 unspecified atom stereocenters. The molecule has 4 rings (SSSR count). The van der Waals surface area contributed by atoms with Crippen LogP contribution < -0.4 is 10.2 Å². The maximum Gasteiger partial charge on any atom is 0.414 e. The number of amides is 2. The summed E-state index contributed by atoms with van der Waals surface area (Å²) in [7, 11) is 0. The molecule has 8 heteroatoms. The van der Waals surface area contributed by atoms with Gasteiger partial charge in [0.15, 0.2) is 11.5 Å². The van der Waals surface area contributed by atoms with E-state index in [1.54, 1.807) is 24.3 Å². The average Bonchev–Trinajstić information content (AvgIpc) is 3.37. The van der Waals surface area contributed by atoms with Crippen LogP contribution in [0.3, 0.4) is 0 Å². The Morgan fingerprint density at radius 2 is 2.12 bits per heavy atom. The Labute approximate surface area is 185 Å². The molecule has 1 aliphatic heterocycles. The summed E-state index contributed by atoms with van der Waals surface area (Å²) in [5, 5.41) is 2.51. The number of nitrogens with one attached hydrogen (secondary N) is 1. The number of hydrogen-bond acceptors (Lipinski definition) is 6. The minimum Gasteiger partial charge on any atom is -0.461 e. The summed E-state index contributed by atoms with van der Waals surface area (Å²) in [6.45, 7) is 4.22. The van der Waals surface area contributed by atoms with Gasteiger partial charge in [-0.1, -0.05) is 6.08 Å². The van der Waals surface area contributed by atoms with Crippen LogP contribution in [0.25, 0.3) is 0 Å². The number of carbonyl (C=O) groups excluding carboxylic acids is 4. The summed E-state index contributed by atoms with van der Waals surface area (Å²) in [5.74, 6) is -1.14. The Bertz CT molecular complexity index is 1070. The molecule has 8 nitrogen and oxygen atoms in total. The zero-order valence-electron chi connectivity index (χ0n) is 17.5. The van der Waals surface area contributed by atoms with Gasteiger partial charge in [0.2, 0.25) is 12.2 Å². The molecule has 32 heavy (non-hydrogen) atoms. The molecule has 0 saturated carbocycles. The first-order valence-corrected chi connectivity index (χ1v) is 10.6. The van der Waals surface area contributed by atoms with Gasteiger partial charge in [0.25, 0.3) is 0 Å². The lowest BCUT2D eigenvalue weighted by molar-refractivity contribution is -0.109. The number of cyclic esters (lactones) is 1. The van der Waals surface area contributed by atoms with Crippen molar-refractivity contribution >= 4 is 29.8 Å². The molecule has 2 aromatic rings. The molecule has 2 heterocycles. The SMILES string of the molecule is C=CCc1coc(C(=O)C2CCCc3cc(N4CC(CNC=O)OC4=O)ccc3C2=O)c1. The molecule has 0 spiro atoms. The van der Waals surface area contributed by atoms with E-state index >= 15 is 0 Å². The molecule has 1 aliphatic carbocycles. The normalized spacial score (nSPS) is 20.3. The van der Waals surface area contributed by atoms with Crippen LogP contribution >= 0.6 is 0 Å². The fourth-order valence-corrected chi connectivity index (χ4v) is 4.23. The lowest BCUT2D eigenvalue weighted by Gasteiger charge is -2.16. The lowest BCUT2D eigenvalue weighted by atomic mass is 9.90. The van der Waals surface area contributed by atoms with Crippen LogP contribution in [0.15, 0.2) is 47.6 Å². The van der Waals surface area contributed by atoms with Crippen LogP contribution in [0.1, 0.15) is 44.9 Å². The van der Waals surface area contributed by atoms with Crippen LogP contribution in [0.5, 0.6) is 0 Å². The molecule has 1 saturated heterocycles. The van der Waals surface area contributed by atoms with Crippen LogP contribution in [-0.2, 0) is 22.4 Å². The van der Waals surface area contributed by atoms with Crippen molar-refractivity contribution in [2.24, 2.45) is 5.92 Å². The number of hydrogen-bond donors (Lipinski definition) is 1. The summed E-state index contributed by atoms with van der Waals surface area (Å²) >= 11 is 0. The Morgan fingerprint density at radius 3 is 2.91 bits per heavy atom.